The van der Waals surface area contributed by atoms with Gasteiger partial charge >= 0.3 is 6.18 Å². The number of aromatic nitrogens is 3. The van der Waals surface area contributed by atoms with Gasteiger partial charge in [0.15, 0.2) is 5.82 Å². The number of alkyl halides is 3. The van der Waals surface area contributed by atoms with Gasteiger partial charge in [-0.05, 0) is 31.0 Å². The Morgan fingerprint density at radius 1 is 1.22 bits per heavy atom. The molecule has 2 heterocycles. The van der Waals surface area contributed by atoms with Gasteiger partial charge in [0.2, 0.25) is 0 Å². The highest BCUT2D eigenvalue weighted by atomic mass is 35.5. The molecule has 0 radical (unpaired) electrons. The van der Waals surface area contributed by atoms with E-state index in [1.54, 1.807) is 25.3 Å². The van der Waals surface area contributed by atoms with Crippen molar-refractivity contribution in [2.45, 2.75) is 19.5 Å². The molecule has 0 fully saturated rings. The zero-order valence-electron chi connectivity index (χ0n) is 14.1. The molecule has 9 heteroatoms. The Morgan fingerprint density at radius 2 is 2.00 bits per heavy atom. The minimum atomic E-state index is -4.60. The highest BCUT2D eigenvalue weighted by Gasteiger charge is 2.35. The van der Waals surface area contributed by atoms with E-state index in [1.165, 1.54) is 12.1 Å². The summed E-state index contributed by atoms with van der Waals surface area (Å²) in [5.41, 5.74) is -0.584. The Hall–Kier alpha value is -2.92. The maximum Gasteiger partial charge on any atom is 0.417 e. The Balaban J connectivity index is 1.86. The number of benzene rings is 1. The first kappa shape index (κ1) is 18.9. The van der Waals surface area contributed by atoms with E-state index in [-0.39, 0.29) is 23.7 Å². The fourth-order valence-corrected chi connectivity index (χ4v) is 2.99. The van der Waals surface area contributed by atoms with Crippen LogP contribution >= 0.6 is 11.6 Å². The first-order valence-electron chi connectivity index (χ1n) is 7.93. The largest absolute Gasteiger partial charge is 0.417 e. The van der Waals surface area contributed by atoms with Gasteiger partial charge < -0.3 is 5.32 Å². The second-order valence-electron chi connectivity index (χ2n) is 5.81. The van der Waals surface area contributed by atoms with Crippen LogP contribution in [-0.2, 0) is 12.6 Å². The van der Waals surface area contributed by atoms with Crippen LogP contribution in [0.5, 0.6) is 0 Å². The summed E-state index contributed by atoms with van der Waals surface area (Å²) in [5.74, 6) is 0.407. The van der Waals surface area contributed by atoms with Gasteiger partial charge in [-0.2, -0.15) is 23.5 Å². The molecule has 0 atom stereocenters. The lowest BCUT2D eigenvalue weighted by molar-refractivity contribution is -0.138. The van der Waals surface area contributed by atoms with Gasteiger partial charge in [0.05, 0.1) is 22.9 Å². The van der Waals surface area contributed by atoms with Crippen LogP contribution < -0.4 is 5.32 Å². The van der Waals surface area contributed by atoms with Crippen molar-refractivity contribution in [3.63, 3.8) is 0 Å². The average molecular weight is 392 g/mol. The molecule has 0 aliphatic rings. The third-order valence-corrected chi connectivity index (χ3v) is 4.26. The lowest BCUT2D eigenvalue weighted by Gasteiger charge is -2.15. The third-order valence-electron chi connectivity index (χ3n) is 4.06. The summed E-state index contributed by atoms with van der Waals surface area (Å²) < 4.78 is 40.0. The molecule has 1 N–H and O–H groups in total. The fourth-order valence-electron chi connectivity index (χ4n) is 2.83. The number of hydrogen-bond donors (Lipinski definition) is 1. The number of fused-ring (bicyclic) bond motifs is 1. The minimum Gasteiger partial charge on any atom is -0.368 e. The standard InChI is InChI=1S/C18H13ClF3N5/c1-10-14-9-25-15(19)7-13(14)17(27-26-10)24-6-5-11-3-2-4-12(8-23)16(11)18(20,21)22/h2-4,7,9H,5-6H2,1H3,(H,24,27). The predicted molar refractivity (Wildman–Crippen MR) is 95.4 cm³/mol. The van der Waals surface area contributed by atoms with Crippen molar-refractivity contribution in [3.8, 4) is 6.07 Å². The first-order chi connectivity index (χ1) is 12.8. The van der Waals surface area contributed by atoms with Crippen LogP contribution in [-0.4, -0.2) is 21.7 Å². The lowest BCUT2D eigenvalue weighted by Crippen LogP contribution is -2.15. The monoisotopic (exact) mass is 391 g/mol. The van der Waals surface area contributed by atoms with E-state index < -0.39 is 17.3 Å². The molecule has 0 unspecified atom stereocenters. The molecule has 0 amide bonds. The highest BCUT2D eigenvalue weighted by molar-refractivity contribution is 6.30. The second kappa shape index (κ2) is 7.37. The Bertz CT molecular complexity index is 1040. The van der Waals surface area contributed by atoms with Crippen molar-refractivity contribution < 1.29 is 13.2 Å². The van der Waals surface area contributed by atoms with Crippen molar-refractivity contribution in [2.75, 3.05) is 11.9 Å². The molecule has 3 rings (SSSR count). The van der Waals surface area contributed by atoms with E-state index >= 15 is 0 Å². The van der Waals surface area contributed by atoms with Gasteiger partial charge in [0.1, 0.15) is 5.15 Å². The van der Waals surface area contributed by atoms with Gasteiger partial charge in [-0.3, -0.25) is 0 Å². The maximum atomic E-state index is 13.3. The number of nitriles is 1. The Labute approximate surface area is 157 Å². The molecule has 0 spiro atoms. The number of rotatable bonds is 4. The molecule has 27 heavy (non-hydrogen) atoms. The number of nitrogens with zero attached hydrogens (tertiary/aromatic N) is 4. The van der Waals surface area contributed by atoms with Crippen LogP contribution in [0.2, 0.25) is 5.15 Å². The molecule has 0 aliphatic carbocycles. The van der Waals surface area contributed by atoms with Crippen LogP contribution in [0.15, 0.2) is 30.5 Å². The molecule has 3 aromatic rings. The Morgan fingerprint density at radius 3 is 2.70 bits per heavy atom. The number of halogens is 4. The second-order valence-corrected chi connectivity index (χ2v) is 6.20. The molecular weight excluding hydrogens is 379 g/mol. The van der Waals surface area contributed by atoms with Crippen molar-refractivity contribution in [2.24, 2.45) is 0 Å². The zero-order chi connectivity index (χ0) is 19.6. The summed E-state index contributed by atoms with van der Waals surface area (Å²) in [4.78, 5) is 4.01. The first-order valence-corrected chi connectivity index (χ1v) is 8.30. The number of pyridine rings is 1. The Kier molecular flexibility index (Phi) is 5.15. The van der Waals surface area contributed by atoms with Crippen LogP contribution in [0.4, 0.5) is 19.0 Å². The van der Waals surface area contributed by atoms with E-state index in [0.717, 1.165) is 11.5 Å². The number of anilines is 1. The molecule has 0 saturated heterocycles. The normalized spacial score (nSPS) is 11.4. The summed E-state index contributed by atoms with van der Waals surface area (Å²) in [6, 6.07) is 7.19. The van der Waals surface area contributed by atoms with Gasteiger partial charge in [-0.1, -0.05) is 23.7 Å². The molecule has 0 bridgehead atoms. The molecule has 5 nitrogen and oxygen atoms in total. The summed E-state index contributed by atoms with van der Waals surface area (Å²) in [7, 11) is 0. The third kappa shape index (κ3) is 3.93. The molecular formula is C18H13ClF3N5. The van der Waals surface area contributed by atoms with Crippen molar-refractivity contribution in [3.05, 3.63) is 58.0 Å². The van der Waals surface area contributed by atoms with E-state index in [2.05, 4.69) is 20.5 Å². The summed E-state index contributed by atoms with van der Waals surface area (Å²) in [6.07, 6.45) is -2.97. The fraction of sp³-hybridized carbons (Fsp3) is 0.222. The van der Waals surface area contributed by atoms with Crippen molar-refractivity contribution in [1.82, 2.24) is 15.2 Å². The number of hydrogen-bond acceptors (Lipinski definition) is 5. The summed E-state index contributed by atoms with van der Waals surface area (Å²) in [6.45, 7) is 1.95. The maximum absolute atomic E-state index is 13.3. The molecule has 1 aromatic carbocycles. The van der Waals surface area contributed by atoms with Crippen LogP contribution in [0.25, 0.3) is 10.8 Å². The topological polar surface area (TPSA) is 74.5 Å². The highest BCUT2D eigenvalue weighted by Crippen LogP contribution is 2.35. The molecule has 0 aliphatic heterocycles. The van der Waals surface area contributed by atoms with E-state index in [9.17, 15) is 13.2 Å². The molecule has 138 valence electrons. The van der Waals surface area contributed by atoms with Gasteiger partial charge in [0.25, 0.3) is 0 Å². The summed E-state index contributed by atoms with van der Waals surface area (Å²) in [5, 5.41) is 21.8. The molecule has 0 saturated carbocycles. The number of nitrogens with one attached hydrogen (secondary N) is 1. The van der Waals surface area contributed by atoms with Crippen LogP contribution in [0, 0.1) is 18.3 Å². The van der Waals surface area contributed by atoms with Crippen LogP contribution in [0.1, 0.15) is 22.4 Å². The van der Waals surface area contributed by atoms with Gasteiger partial charge in [0, 0.05) is 23.5 Å². The van der Waals surface area contributed by atoms with Crippen molar-refractivity contribution >= 4 is 28.2 Å². The minimum absolute atomic E-state index is 0.0399. The van der Waals surface area contributed by atoms with Gasteiger partial charge in [-0.15, -0.1) is 5.10 Å². The van der Waals surface area contributed by atoms with E-state index in [4.69, 9.17) is 16.9 Å². The quantitative estimate of drug-likeness (QED) is 0.661. The van der Waals surface area contributed by atoms with Gasteiger partial charge in [-0.25, -0.2) is 4.98 Å². The number of aryl methyl sites for hydroxylation is 1. The van der Waals surface area contributed by atoms with Crippen molar-refractivity contribution in [1.29, 1.82) is 5.26 Å². The molecule has 2 aromatic heterocycles. The van der Waals surface area contributed by atoms with E-state index in [0.29, 0.717) is 16.9 Å². The van der Waals surface area contributed by atoms with Crippen LogP contribution in [0.3, 0.4) is 0 Å². The summed E-state index contributed by atoms with van der Waals surface area (Å²) >= 11 is 5.93. The van der Waals surface area contributed by atoms with E-state index in [1.807, 2.05) is 0 Å². The predicted octanol–water partition coefficient (Wildman–Crippen LogP) is 4.53. The zero-order valence-corrected chi connectivity index (χ0v) is 14.9. The SMILES string of the molecule is Cc1nnc(NCCc2cccc(C#N)c2C(F)(F)F)c2cc(Cl)ncc12. The average Bonchev–Trinajstić information content (AvgIpc) is 2.62. The lowest BCUT2D eigenvalue weighted by atomic mass is 9.99. The smallest absolute Gasteiger partial charge is 0.368 e.